The van der Waals surface area contributed by atoms with E-state index < -0.39 is 23.7 Å². The van der Waals surface area contributed by atoms with Gasteiger partial charge < -0.3 is 5.73 Å². The molecule has 0 heterocycles. The lowest BCUT2D eigenvalue weighted by Gasteiger charge is -2.23. The van der Waals surface area contributed by atoms with Crippen LogP contribution in [0.3, 0.4) is 0 Å². The van der Waals surface area contributed by atoms with Crippen LogP contribution < -0.4 is 11.2 Å². The number of nitrogens with one attached hydrogen (secondary N) is 1. The summed E-state index contributed by atoms with van der Waals surface area (Å²) in [5, 5.41) is 8.61. The minimum absolute atomic E-state index is 0.247. The van der Waals surface area contributed by atoms with E-state index in [1.54, 1.807) is 5.48 Å². The quantitative estimate of drug-likeness (QED) is 0.342. The van der Waals surface area contributed by atoms with Crippen molar-refractivity contribution in [3.63, 3.8) is 0 Å². The molecule has 92 valence electrons. The van der Waals surface area contributed by atoms with Crippen LogP contribution in [0.25, 0.3) is 0 Å². The highest BCUT2D eigenvalue weighted by Crippen LogP contribution is 2.23. The number of hydrogen-bond donors (Lipinski definition) is 3. The van der Waals surface area contributed by atoms with Gasteiger partial charge in [-0.3, -0.25) is 14.8 Å². The van der Waals surface area contributed by atoms with Crippen molar-refractivity contribution < 1.29 is 14.8 Å². The molecule has 0 aliphatic heterocycles. The molecule has 2 atom stereocenters. The normalized spacial score (nSPS) is 14.2. The lowest BCUT2D eigenvalue weighted by atomic mass is 9.82. The summed E-state index contributed by atoms with van der Waals surface area (Å²) in [6.07, 6.45) is 2.37. The summed E-state index contributed by atoms with van der Waals surface area (Å²) in [6, 6.07) is 0. The largest absolute Gasteiger partial charge is 0.369 e. The molecule has 1 unspecified atom stereocenters. The number of allylic oxidation sites excluding steroid dienone is 1. The zero-order valence-corrected chi connectivity index (χ0v) is 9.77. The van der Waals surface area contributed by atoms with E-state index in [9.17, 15) is 9.59 Å². The first-order chi connectivity index (χ1) is 7.43. The highest BCUT2D eigenvalue weighted by molar-refractivity contribution is 5.86. The number of rotatable bonds is 7. The Morgan fingerprint density at radius 1 is 1.44 bits per heavy atom. The highest BCUT2D eigenvalue weighted by Gasteiger charge is 2.31. The van der Waals surface area contributed by atoms with Crippen LogP contribution in [-0.4, -0.2) is 17.0 Å². The fourth-order valence-corrected chi connectivity index (χ4v) is 1.70. The molecule has 0 spiro atoms. The molecule has 0 fully saturated rings. The Hall–Kier alpha value is -1.36. The van der Waals surface area contributed by atoms with Crippen molar-refractivity contribution in [3.05, 3.63) is 12.7 Å². The molecular formula is C11H20N2O3. The molecule has 5 nitrogen and oxygen atoms in total. The first-order valence-corrected chi connectivity index (χ1v) is 5.28. The summed E-state index contributed by atoms with van der Waals surface area (Å²) in [5.41, 5.74) is 6.84. The molecule has 16 heavy (non-hydrogen) atoms. The zero-order chi connectivity index (χ0) is 12.7. The summed E-state index contributed by atoms with van der Waals surface area (Å²) in [6.45, 7) is 7.41. The molecule has 0 saturated heterocycles. The summed E-state index contributed by atoms with van der Waals surface area (Å²) in [7, 11) is 0. The number of amides is 2. The van der Waals surface area contributed by atoms with Gasteiger partial charge in [-0.1, -0.05) is 19.9 Å². The number of carbonyl (C=O) groups excluding carboxylic acids is 2. The van der Waals surface area contributed by atoms with Gasteiger partial charge in [-0.15, -0.1) is 6.58 Å². The minimum atomic E-state index is -0.651. The fourth-order valence-electron chi connectivity index (χ4n) is 1.70. The smallest absolute Gasteiger partial charge is 0.247 e. The third kappa shape index (κ3) is 4.44. The van der Waals surface area contributed by atoms with Crippen molar-refractivity contribution >= 4 is 11.8 Å². The van der Waals surface area contributed by atoms with Crippen LogP contribution in [0.5, 0.6) is 0 Å². The van der Waals surface area contributed by atoms with Crippen LogP contribution in [0.2, 0.25) is 0 Å². The maximum Gasteiger partial charge on any atom is 0.247 e. The average Bonchev–Trinajstić information content (AvgIpc) is 2.21. The first kappa shape index (κ1) is 14.6. The van der Waals surface area contributed by atoms with E-state index in [2.05, 4.69) is 6.58 Å². The fraction of sp³-hybridized carbons (Fsp3) is 0.636. The lowest BCUT2D eigenvalue weighted by molar-refractivity contribution is -0.139. The van der Waals surface area contributed by atoms with Crippen LogP contribution in [-0.2, 0) is 9.59 Å². The third-order valence-corrected chi connectivity index (χ3v) is 2.44. The standard InChI is InChI=1S/C11H20N2O3/c1-4-5-8(11(15)13-16)9(10(12)14)6-7(2)3/h4,7-9,16H,1,5-6H2,2-3H3,(H2,12,14)(H,13,15)/t8-,9?/m0/s1. The Kier molecular flexibility index (Phi) is 6.41. The second kappa shape index (κ2) is 7.00. The molecule has 2 amide bonds. The molecule has 5 heteroatoms. The van der Waals surface area contributed by atoms with Crippen molar-refractivity contribution in [2.45, 2.75) is 26.7 Å². The van der Waals surface area contributed by atoms with Gasteiger partial charge in [0.25, 0.3) is 0 Å². The Morgan fingerprint density at radius 2 is 2.00 bits per heavy atom. The van der Waals surface area contributed by atoms with Gasteiger partial charge in [-0.05, 0) is 18.8 Å². The molecule has 0 aromatic rings. The van der Waals surface area contributed by atoms with Crippen LogP contribution in [0.1, 0.15) is 26.7 Å². The Labute approximate surface area is 95.7 Å². The van der Waals surface area contributed by atoms with Gasteiger partial charge in [-0.2, -0.15) is 0 Å². The molecule has 0 rings (SSSR count). The zero-order valence-electron chi connectivity index (χ0n) is 9.77. The van der Waals surface area contributed by atoms with Crippen molar-refractivity contribution in [1.29, 1.82) is 0 Å². The van der Waals surface area contributed by atoms with E-state index >= 15 is 0 Å². The van der Waals surface area contributed by atoms with E-state index in [4.69, 9.17) is 10.9 Å². The molecular weight excluding hydrogens is 208 g/mol. The SMILES string of the molecule is C=CC[C@H](C(=O)NO)C(CC(C)C)C(N)=O. The van der Waals surface area contributed by atoms with Crippen LogP contribution >= 0.6 is 0 Å². The second-order valence-electron chi connectivity index (χ2n) is 4.25. The predicted molar refractivity (Wildman–Crippen MR) is 60.4 cm³/mol. The van der Waals surface area contributed by atoms with Crippen LogP contribution in [0, 0.1) is 17.8 Å². The molecule has 0 saturated carbocycles. The van der Waals surface area contributed by atoms with E-state index in [1.165, 1.54) is 6.08 Å². The lowest BCUT2D eigenvalue weighted by Crippen LogP contribution is -2.39. The molecule has 0 bridgehead atoms. The average molecular weight is 228 g/mol. The monoisotopic (exact) mass is 228 g/mol. The van der Waals surface area contributed by atoms with Gasteiger partial charge in [0.1, 0.15) is 0 Å². The van der Waals surface area contributed by atoms with Crippen molar-refractivity contribution in [1.82, 2.24) is 5.48 Å². The van der Waals surface area contributed by atoms with E-state index in [1.807, 2.05) is 13.8 Å². The van der Waals surface area contributed by atoms with Gasteiger partial charge in [0.2, 0.25) is 11.8 Å². The maximum absolute atomic E-state index is 11.4. The number of hydroxylamine groups is 1. The Morgan fingerprint density at radius 3 is 2.31 bits per heavy atom. The molecule has 0 aliphatic carbocycles. The number of carbonyl (C=O) groups is 2. The molecule has 0 radical (unpaired) electrons. The highest BCUT2D eigenvalue weighted by atomic mass is 16.5. The van der Waals surface area contributed by atoms with Crippen molar-refractivity contribution in [3.8, 4) is 0 Å². The first-order valence-electron chi connectivity index (χ1n) is 5.28. The summed E-state index contributed by atoms with van der Waals surface area (Å²) >= 11 is 0. The Bertz CT molecular complexity index is 264. The van der Waals surface area contributed by atoms with Gasteiger partial charge in [0.05, 0.1) is 5.92 Å². The second-order valence-corrected chi connectivity index (χ2v) is 4.25. The van der Waals surface area contributed by atoms with E-state index in [0.717, 1.165) is 0 Å². The van der Waals surface area contributed by atoms with Crippen LogP contribution in [0.15, 0.2) is 12.7 Å². The summed E-state index contributed by atoms with van der Waals surface area (Å²) in [4.78, 5) is 22.7. The van der Waals surface area contributed by atoms with Crippen molar-refractivity contribution in [2.24, 2.45) is 23.5 Å². The predicted octanol–water partition coefficient (Wildman–Crippen LogP) is 0.832. The summed E-state index contributed by atoms with van der Waals surface area (Å²) < 4.78 is 0. The van der Waals surface area contributed by atoms with E-state index in [0.29, 0.717) is 12.8 Å². The molecule has 0 aliphatic rings. The van der Waals surface area contributed by atoms with Gasteiger partial charge in [0.15, 0.2) is 0 Å². The van der Waals surface area contributed by atoms with Gasteiger partial charge in [-0.25, -0.2) is 5.48 Å². The number of nitrogens with two attached hydrogens (primary N) is 1. The number of hydrogen-bond acceptors (Lipinski definition) is 3. The van der Waals surface area contributed by atoms with E-state index in [-0.39, 0.29) is 5.92 Å². The topological polar surface area (TPSA) is 92.4 Å². The third-order valence-electron chi connectivity index (χ3n) is 2.44. The molecule has 0 aromatic carbocycles. The van der Waals surface area contributed by atoms with Crippen LogP contribution in [0.4, 0.5) is 0 Å². The Balaban J connectivity index is 4.85. The summed E-state index contributed by atoms with van der Waals surface area (Å²) in [5.74, 6) is -2.10. The van der Waals surface area contributed by atoms with Gasteiger partial charge in [0, 0.05) is 5.92 Å². The van der Waals surface area contributed by atoms with Gasteiger partial charge >= 0.3 is 0 Å². The molecule has 0 aromatic heterocycles. The number of primary amides is 1. The van der Waals surface area contributed by atoms with Crippen molar-refractivity contribution in [2.75, 3.05) is 0 Å². The maximum atomic E-state index is 11.4. The molecule has 4 N–H and O–H groups in total. The minimum Gasteiger partial charge on any atom is -0.369 e.